The van der Waals surface area contributed by atoms with E-state index in [4.69, 9.17) is 14.5 Å². The topological polar surface area (TPSA) is 71.5 Å². The summed E-state index contributed by atoms with van der Waals surface area (Å²) >= 11 is 0. The quantitative estimate of drug-likeness (QED) is 0.581. The second-order valence-corrected chi connectivity index (χ2v) is 8.45. The van der Waals surface area contributed by atoms with Gasteiger partial charge in [-0.3, -0.25) is 4.90 Å². The van der Waals surface area contributed by atoms with Gasteiger partial charge in [-0.2, -0.15) is 4.98 Å². The first-order valence-corrected chi connectivity index (χ1v) is 11.2. The second-order valence-electron chi connectivity index (χ2n) is 8.45. The number of nitrogens with one attached hydrogen (secondary N) is 2. The van der Waals surface area contributed by atoms with Crippen molar-refractivity contribution in [1.82, 2.24) is 14.9 Å². The molecule has 0 spiro atoms. The molecule has 2 aromatic carbocycles. The number of benzene rings is 2. The average molecular weight is 432 g/mol. The number of anilines is 2. The zero-order chi connectivity index (χ0) is 21.8. The van der Waals surface area contributed by atoms with Crippen molar-refractivity contribution in [2.45, 2.75) is 38.9 Å². The number of rotatable bonds is 7. The van der Waals surface area contributed by atoms with Gasteiger partial charge in [0, 0.05) is 44.0 Å². The molecule has 7 heteroatoms. The zero-order valence-corrected chi connectivity index (χ0v) is 18.4. The molecule has 7 nitrogen and oxygen atoms in total. The van der Waals surface area contributed by atoms with E-state index in [0.717, 1.165) is 60.9 Å². The molecule has 0 atom stereocenters. The van der Waals surface area contributed by atoms with Crippen LogP contribution in [0.1, 0.15) is 29.5 Å². The van der Waals surface area contributed by atoms with E-state index in [1.165, 1.54) is 5.56 Å². The van der Waals surface area contributed by atoms with E-state index in [0.29, 0.717) is 18.5 Å². The normalized spacial score (nSPS) is 16.2. The number of fused-ring (bicyclic) bond motifs is 1. The summed E-state index contributed by atoms with van der Waals surface area (Å²) in [4.78, 5) is 11.7. The smallest absolute Gasteiger partial charge is 0.231 e. The predicted molar refractivity (Wildman–Crippen MR) is 125 cm³/mol. The molecule has 0 bridgehead atoms. The van der Waals surface area contributed by atoms with Gasteiger partial charge >= 0.3 is 0 Å². The molecule has 1 saturated heterocycles. The fourth-order valence-corrected chi connectivity index (χ4v) is 4.18. The highest BCUT2D eigenvalue weighted by Gasteiger charge is 2.20. The molecule has 3 aromatic rings. The number of hydrogen-bond donors (Lipinski definition) is 2. The van der Waals surface area contributed by atoms with E-state index < -0.39 is 0 Å². The summed E-state index contributed by atoms with van der Waals surface area (Å²) in [5.41, 5.74) is 3.53. The minimum atomic E-state index is 0.285. The molecule has 3 heterocycles. The van der Waals surface area contributed by atoms with Crippen LogP contribution in [-0.4, -0.2) is 40.8 Å². The third-order valence-corrected chi connectivity index (χ3v) is 6.04. The number of likely N-dealkylation sites (tertiary alicyclic amines) is 1. The maximum Gasteiger partial charge on any atom is 0.231 e. The van der Waals surface area contributed by atoms with E-state index in [1.807, 2.05) is 24.4 Å². The van der Waals surface area contributed by atoms with Crippen molar-refractivity contribution < 1.29 is 9.47 Å². The lowest BCUT2D eigenvalue weighted by atomic mass is 10.0. The number of aryl methyl sites for hydroxylation is 1. The predicted octanol–water partition coefficient (Wildman–Crippen LogP) is 4.20. The summed E-state index contributed by atoms with van der Waals surface area (Å²) in [5, 5.41) is 6.98. The third-order valence-electron chi connectivity index (χ3n) is 6.04. The Morgan fingerprint density at radius 1 is 1.00 bits per heavy atom. The van der Waals surface area contributed by atoms with Crippen LogP contribution in [-0.2, 0) is 13.1 Å². The van der Waals surface area contributed by atoms with Crippen molar-refractivity contribution in [3.8, 4) is 11.5 Å². The number of piperidine rings is 1. The molecule has 1 aromatic heterocycles. The lowest BCUT2D eigenvalue weighted by molar-refractivity contribution is 0.174. The maximum absolute atomic E-state index is 5.46. The van der Waals surface area contributed by atoms with E-state index in [1.54, 1.807) is 0 Å². The highest BCUT2D eigenvalue weighted by Crippen LogP contribution is 2.32. The standard InChI is InChI=1S/C25H29N5O2/c1-18-14-26-25(27-15-20-7-8-22-23(13-20)32-17-31-22)29-24(18)28-21-9-11-30(12-10-21)16-19-5-3-2-4-6-19/h2-8,13-14,21H,9-12,15-17H2,1H3,(H2,26,27,28,29). The molecule has 5 rings (SSSR count). The van der Waals surface area contributed by atoms with Gasteiger partial charge in [0.05, 0.1) is 0 Å². The molecule has 0 saturated carbocycles. The Morgan fingerprint density at radius 2 is 1.81 bits per heavy atom. The van der Waals surface area contributed by atoms with Gasteiger partial charge in [-0.25, -0.2) is 4.98 Å². The lowest BCUT2D eigenvalue weighted by Crippen LogP contribution is -2.39. The highest BCUT2D eigenvalue weighted by molar-refractivity contribution is 5.48. The fraction of sp³-hybridized carbons (Fsp3) is 0.360. The Bertz CT molecular complexity index is 1050. The van der Waals surface area contributed by atoms with Crippen LogP contribution < -0.4 is 20.1 Å². The van der Waals surface area contributed by atoms with Crippen LogP contribution in [0.15, 0.2) is 54.7 Å². The molecule has 2 aliphatic heterocycles. The molecule has 32 heavy (non-hydrogen) atoms. The lowest BCUT2D eigenvalue weighted by Gasteiger charge is -2.32. The zero-order valence-electron chi connectivity index (χ0n) is 18.4. The summed E-state index contributed by atoms with van der Waals surface area (Å²) < 4.78 is 10.8. The molecular weight excluding hydrogens is 402 g/mol. The van der Waals surface area contributed by atoms with E-state index in [2.05, 4.69) is 57.8 Å². The van der Waals surface area contributed by atoms with Gasteiger partial charge in [0.25, 0.3) is 0 Å². The number of hydrogen-bond acceptors (Lipinski definition) is 7. The van der Waals surface area contributed by atoms with Gasteiger partial charge < -0.3 is 20.1 Å². The molecule has 1 fully saturated rings. The minimum absolute atomic E-state index is 0.285. The summed E-state index contributed by atoms with van der Waals surface area (Å²) in [6.45, 7) is 6.16. The van der Waals surface area contributed by atoms with Crippen LogP contribution in [0.2, 0.25) is 0 Å². The molecular formula is C25H29N5O2. The Morgan fingerprint density at radius 3 is 2.66 bits per heavy atom. The summed E-state index contributed by atoms with van der Waals surface area (Å²) in [7, 11) is 0. The van der Waals surface area contributed by atoms with Crippen LogP contribution in [0.3, 0.4) is 0 Å². The first-order chi connectivity index (χ1) is 15.7. The molecule has 2 aliphatic rings. The molecule has 0 unspecified atom stereocenters. The van der Waals surface area contributed by atoms with Crippen LogP contribution >= 0.6 is 0 Å². The largest absolute Gasteiger partial charge is 0.454 e. The second kappa shape index (κ2) is 9.44. The minimum Gasteiger partial charge on any atom is -0.454 e. The van der Waals surface area contributed by atoms with Crippen LogP contribution in [0.25, 0.3) is 0 Å². The van der Waals surface area contributed by atoms with E-state index >= 15 is 0 Å². The monoisotopic (exact) mass is 431 g/mol. The van der Waals surface area contributed by atoms with Gasteiger partial charge in [-0.1, -0.05) is 36.4 Å². The Labute approximate surface area is 188 Å². The summed E-state index contributed by atoms with van der Waals surface area (Å²) in [6, 6.07) is 17.1. The molecule has 2 N–H and O–H groups in total. The Hall–Kier alpha value is -3.32. The van der Waals surface area contributed by atoms with Gasteiger partial charge in [0.1, 0.15) is 5.82 Å². The van der Waals surface area contributed by atoms with Crippen LogP contribution in [0.4, 0.5) is 11.8 Å². The van der Waals surface area contributed by atoms with Crippen molar-refractivity contribution in [2.24, 2.45) is 0 Å². The fourth-order valence-electron chi connectivity index (χ4n) is 4.18. The average Bonchev–Trinajstić information content (AvgIpc) is 3.29. The van der Waals surface area contributed by atoms with Crippen molar-refractivity contribution in [3.05, 3.63) is 71.4 Å². The van der Waals surface area contributed by atoms with Gasteiger partial charge in [0.2, 0.25) is 12.7 Å². The van der Waals surface area contributed by atoms with Gasteiger partial charge in [-0.15, -0.1) is 0 Å². The molecule has 0 aliphatic carbocycles. The Kier molecular flexibility index (Phi) is 6.07. The first-order valence-electron chi connectivity index (χ1n) is 11.2. The highest BCUT2D eigenvalue weighted by atomic mass is 16.7. The first kappa shape index (κ1) is 20.6. The van der Waals surface area contributed by atoms with Crippen molar-refractivity contribution in [3.63, 3.8) is 0 Å². The van der Waals surface area contributed by atoms with Crippen LogP contribution in [0, 0.1) is 6.92 Å². The Balaban J connectivity index is 1.15. The molecule has 0 radical (unpaired) electrons. The number of ether oxygens (including phenoxy) is 2. The molecule has 0 amide bonds. The summed E-state index contributed by atoms with van der Waals surface area (Å²) in [6.07, 6.45) is 4.09. The summed E-state index contributed by atoms with van der Waals surface area (Å²) in [5.74, 6) is 3.11. The number of aromatic nitrogens is 2. The van der Waals surface area contributed by atoms with Crippen molar-refractivity contribution >= 4 is 11.8 Å². The SMILES string of the molecule is Cc1cnc(NCc2ccc3c(c2)OCO3)nc1NC1CCN(Cc2ccccc2)CC1. The van der Waals surface area contributed by atoms with Crippen LogP contribution in [0.5, 0.6) is 11.5 Å². The maximum atomic E-state index is 5.46. The van der Waals surface area contributed by atoms with Gasteiger partial charge in [-0.05, 0) is 43.0 Å². The van der Waals surface area contributed by atoms with Gasteiger partial charge in [0.15, 0.2) is 11.5 Å². The van der Waals surface area contributed by atoms with E-state index in [9.17, 15) is 0 Å². The van der Waals surface area contributed by atoms with Crippen molar-refractivity contribution in [1.29, 1.82) is 0 Å². The molecule has 166 valence electrons. The van der Waals surface area contributed by atoms with Crippen molar-refractivity contribution in [2.75, 3.05) is 30.5 Å². The third kappa shape index (κ3) is 4.94. The van der Waals surface area contributed by atoms with E-state index in [-0.39, 0.29) is 6.79 Å². The number of nitrogens with zero attached hydrogens (tertiary/aromatic N) is 3.